The molecule has 0 amide bonds. The van der Waals surface area contributed by atoms with E-state index in [4.69, 9.17) is 5.11 Å². The fourth-order valence-corrected chi connectivity index (χ4v) is 3.83. The average Bonchev–Trinajstić information content (AvgIpc) is 3.04. The summed E-state index contributed by atoms with van der Waals surface area (Å²) in [6.45, 7) is 0. The molecule has 2 aromatic heterocycles. The zero-order valence-electron chi connectivity index (χ0n) is 13.6. The molecular formula is C20H13N3O2S. The molecule has 0 spiro atoms. The van der Waals surface area contributed by atoms with Gasteiger partial charge in [0.05, 0.1) is 23.1 Å². The van der Waals surface area contributed by atoms with E-state index in [0.29, 0.717) is 5.56 Å². The molecular weight excluding hydrogens is 346 g/mol. The van der Waals surface area contributed by atoms with Gasteiger partial charge in [0.15, 0.2) is 0 Å². The minimum Gasteiger partial charge on any atom is -0.481 e. The van der Waals surface area contributed by atoms with Gasteiger partial charge in [-0.2, -0.15) is 5.26 Å². The number of nitriles is 1. The second-order valence-corrected chi connectivity index (χ2v) is 6.73. The number of rotatable bonds is 4. The quantitative estimate of drug-likeness (QED) is 0.552. The van der Waals surface area contributed by atoms with Crippen molar-refractivity contribution in [2.75, 3.05) is 5.75 Å². The Morgan fingerprint density at radius 1 is 1.12 bits per heavy atom. The first-order valence-electron chi connectivity index (χ1n) is 7.92. The molecule has 1 N–H and O–H groups in total. The highest BCUT2D eigenvalue weighted by molar-refractivity contribution is 8.00. The highest BCUT2D eigenvalue weighted by Crippen LogP contribution is 2.33. The SMILES string of the molecule is N#Cc1ccc(-n2cc(SCC(=O)O)c3cccnc32)c2ccccc12. The molecule has 26 heavy (non-hydrogen) atoms. The molecule has 0 aliphatic carbocycles. The van der Waals surface area contributed by atoms with Gasteiger partial charge in [0.1, 0.15) is 5.65 Å². The Balaban J connectivity index is 1.97. The van der Waals surface area contributed by atoms with Crippen molar-refractivity contribution in [1.82, 2.24) is 9.55 Å². The fourth-order valence-electron chi connectivity index (χ4n) is 3.06. The van der Waals surface area contributed by atoms with Crippen molar-refractivity contribution in [2.45, 2.75) is 4.90 Å². The van der Waals surface area contributed by atoms with Gasteiger partial charge in [0, 0.05) is 33.4 Å². The average molecular weight is 359 g/mol. The van der Waals surface area contributed by atoms with E-state index in [1.807, 2.05) is 53.2 Å². The zero-order valence-corrected chi connectivity index (χ0v) is 14.4. The second-order valence-electron chi connectivity index (χ2n) is 5.71. The maximum atomic E-state index is 11.0. The van der Waals surface area contributed by atoms with Gasteiger partial charge < -0.3 is 5.11 Å². The predicted molar refractivity (Wildman–Crippen MR) is 102 cm³/mol. The van der Waals surface area contributed by atoms with Crippen molar-refractivity contribution >= 4 is 39.5 Å². The van der Waals surface area contributed by atoms with Crippen molar-refractivity contribution in [3.63, 3.8) is 0 Å². The Labute approximate surface area is 153 Å². The Bertz CT molecular complexity index is 1190. The highest BCUT2D eigenvalue weighted by atomic mass is 32.2. The lowest BCUT2D eigenvalue weighted by atomic mass is 10.0. The molecule has 126 valence electrons. The first kappa shape index (κ1) is 16.2. The number of carbonyl (C=O) groups is 1. The van der Waals surface area contributed by atoms with Crippen LogP contribution in [0, 0.1) is 11.3 Å². The number of thioether (sulfide) groups is 1. The summed E-state index contributed by atoms with van der Waals surface area (Å²) in [6.07, 6.45) is 3.63. The number of fused-ring (bicyclic) bond motifs is 2. The summed E-state index contributed by atoms with van der Waals surface area (Å²) in [7, 11) is 0. The lowest BCUT2D eigenvalue weighted by Gasteiger charge is -2.10. The topological polar surface area (TPSA) is 78.9 Å². The summed E-state index contributed by atoms with van der Waals surface area (Å²) in [5.41, 5.74) is 2.29. The van der Waals surface area contributed by atoms with Crippen LogP contribution in [0.3, 0.4) is 0 Å². The number of benzene rings is 2. The summed E-state index contributed by atoms with van der Waals surface area (Å²) in [6, 6.07) is 17.5. The number of aromatic nitrogens is 2. The van der Waals surface area contributed by atoms with Crippen molar-refractivity contribution < 1.29 is 9.90 Å². The number of hydrogen-bond donors (Lipinski definition) is 1. The summed E-state index contributed by atoms with van der Waals surface area (Å²) in [4.78, 5) is 16.3. The Morgan fingerprint density at radius 2 is 1.88 bits per heavy atom. The van der Waals surface area contributed by atoms with Crippen LogP contribution in [0.25, 0.3) is 27.5 Å². The standard InChI is InChI=1S/C20H13N3O2S/c21-10-13-7-8-17(15-5-2-1-4-14(13)15)23-11-18(26-12-19(24)25)16-6-3-9-22-20(16)23/h1-9,11H,12H2,(H,24,25). The van der Waals surface area contributed by atoms with Crippen LogP contribution in [0.15, 0.2) is 65.8 Å². The van der Waals surface area contributed by atoms with Crippen LogP contribution in [0.4, 0.5) is 0 Å². The summed E-state index contributed by atoms with van der Waals surface area (Å²) >= 11 is 1.27. The molecule has 0 saturated carbocycles. The van der Waals surface area contributed by atoms with Crippen molar-refractivity contribution in [1.29, 1.82) is 5.26 Å². The smallest absolute Gasteiger partial charge is 0.313 e. The minimum atomic E-state index is -0.858. The number of pyridine rings is 1. The van der Waals surface area contributed by atoms with Gasteiger partial charge in [-0.25, -0.2) is 4.98 Å². The van der Waals surface area contributed by atoms with E-state index in [1.165, 1.54) is 11.8 Å². The van der Waals surface area contributed by atoms with E-state index < -0.39 is 5.97 Å². The van der Waals surface area contributed by atoms with Crippen molar-refractivity contribution in [3.05, 3.63) is 66.5 Å². The van der Waals surface area contributed by atoms with Gasteiger partial charge in [-0.3, -0.25) is 9.36 Å². The molecule has 0 unspecified atom stereocenters. The van der Waals surface area contributed by atoms with Crippen LogP contribution < -0.4 is 0 Å². The van der Waals surface area contributed by atoms with Crippen LogP contribution in [0.5, 0.6) is 0 Å². The maximum absolute atomic E-state index is 11.0. The number of hydrogen-bond acceptors (Lipinski definition) is 4. The number of aliphatic carboxylic acids is 1. The van der Waals surface area contributed by atoms with E-state index >= 15 is 0 Å². The van der Waals surface area contributed by atoms with E-state index in [9.17, 15) is 10.1 Å². The van der Waals surface area contributed by atoms with E-state index in [-0.39, 0.29) is 5.75 Å². The van der Waals surface area contributed by atoms with Crippen LogP contribution >= 0.6 is 11.8 Å². The van der Waals surface area contributed by atoms with Gasteiger partial charge in [-0.1, -0.05) is 24.3 Å². The number of carboxylic acids is 1. The molecule has 6 heteroatoms. The molecule has 0 radical (unpaired) electrons. The van der Waals surface area contributed by atoms with Crippen LogP contribution in [-0.2, 0) is 4.79 Å². The number of carboxylic acid groups (broad SMARTS) is 1. The van der Waals surface area contributed by atoms with E-state index in [1.54, 1.807) is 12.3 Å². The van der Waals surface area contributed by atoms with Crippen molar-refractivity contribution in [3.8, 4) is 11.8 Å². The predicted octanol–water partition coefficient (Wildman–Crippen LogP) is 4.23. The summed E-state index contributed by atoms with van der Waals surface area (Å²) in [5, 5.41) is 21.1. The Morgan fingerprint density at radius 3 is 2.65 bits per heavy atom. The molecule has 4 rings (SSSR count). The third kappa shape index (κ3) is 2.68. The normalized spacial score (nSPS) is 10.9. The first-order chi connectivity index (χ1) is 12.7. The van der Waals surface area contributed by atoms with E-state index in [2.05, 4.69) is 11.1 Å². The first-order valence-corrected chi connectivity index (χ1v) is 8.90. The molecule has 0 saturated heterocycles. The molecule has 0 bridgehead atoms. The van der Waals surface area contributed by atoms with Gasteiger partial charge >= 0.3 is 5.97 Å². The molecule has 5 nitrogen and oxygen atoms in total. The maximum Gasteiger partial charge on any atom is 0.313 e. The van der Waals surface area contributed by atoms with Gasteiger partial charge in [0.25, 0.3) is 0 Å². The van der Waals surface area contributed by atoms with Crippen LogP contribution in [0.1, 0.15) is 5.56 Å². The monoisotopic (exact) mass is 359 g/mol. The zero-order chi connectivity index (χ0) is 18.1. The fraction of sp³-hybridized carbons (Fsp3) is 0.0500. The lowest BCUT2D eigenvalue weighted by Crippen LogP contribution is -1.97. The molecule has 0 aliphatic rings. The summed E-state index contributed by atoms with van der Waals surface area (Å²) < 4.78 is 1.96. The van der Waals surface area contributed by atoms with Gasteiger partial charge in [-0.15, -0.1) is 11.8 Å². The third-order valence-corrected chi connectivity index (χ3v) is 5.19. The van der Waals surface area contributed by atoms with E-state index in [0.717, 1.165) is 32.4 Å². The number of nitrogens with zero attached hydrogens (tertiary/aromatic N) is 3. The molecule has 2 aromatic carbocycles. The van der Waals surface area contributed by atoms with Crippen LogP contribution in [-0.4, -0.2) is 26.4 Å². The van der Waals surface area contributed by atoms with Gasteiger partial charge in [0.2, 0.25) is 0 Å². The molecule has 0 aliphatic heterocycles. The lowest BCUT2D eigenvalue weighted by molar-refractivity contribution is -0.133. The third-order valence-electron chi connectivity index (χ3n) is 4.16. The second kappa shape index (κ2) is 6.54. The Kier molecular flexibility index (Phi) is 4.07. The summed E-state index contributed by atoms with van der Waals surface area (Å²) in [5.74, 6) is -0.870. The molecule has 0 fully saturated rings. The minimum absolute atomic E-state index is 0.0118. The van der Waals surface area contributed by atoms with Crippen molar-refractivity contribution in [2.24, 2.45) is 0 Å². The molecule has 0 atom stereocenters. The van der Waals surface area contributed by atoms with Crippen LogP contribution in [0.2, 0.25) is 0 Å². The molecule has 2 heterocycles. The highest BCUT2D eigenvalue weighted by Gasteiger charge is 2.15. The largest absolute Gasteiger partial charge is 0.481 e. The Hall–Kier alpha value is -3.30. The van der Waals surface area contributed by atoms with Gasteiger partial charge in [-0.05, 0) is 24.3 Å². The molecule has 4 aromatic rings.